The van der Waals surface area contributed by atoms with Crippen LogP contribution in [0.15, 0.2) is 55.2 Å². The Morgan fingerprint density at radius 1 is 1.03 bits per heavy atom. The zero-order valence-electron chi connectivity index (χ0n) is 17.3. The van der Waals surface area contributed by atoms with E-state index in [4.69, 9.17) is 10.7 Å². The van der Waals surface area contributed by atoms with Gasteiger partial charge < -0.3 is 10.7 Å². The van der Waals surface area contributed by atoms with Gasteiger partial charge in [0.2, 0.25) is 0 Å². The Bertz CT molecular complexity index is 1680. The Balaban J connectivity index is 1.48. The van der Waals surface area contributed by atoms with Crippen molar-refractivity contribution in [3.63, 3.8) is 0 Å². The number of rotatable bonds is 4. The van der Waals surface area contributed by atoms with Gasteiger partial charge in [-0.15, -0.1) is 11.3 Å². The molecule has 6 aromatic heterocycles. The highest BCUT2D eigenvalue weighted by molar-refractivity contribution is 7.17. The van der Waals surface area contributed by atoms with Crippen LogP contribution in [0, 0.1) is 0 Å². The predicted molar refractivity (Wildman–Crippen MR) is 128 cm³/mol. The van der Waals surface area contributed by atoms with Gasteiger partial charge in [0.25, 0.3) is 0 Å². The maximum Gasteiger partial charge on any atom is 0.169 e. The van der Waals surface area contributed by atoms with E-state index in [9.17, 15) is 4.79 Å². The highest BCUT2D eigenvalue weighted by Crippen LogP contribution is 2.35. The molecule has 0 aliphatic heterocycles. The van der Waals surface area contributed by atoms with Crippen LogP contribution in [0.3, 0.4) is 0 Å². The summed E-state index contributed by atoms with van der Waals surface area (Å²) in [5.74, 6) is 0.634. The van der Waals surface area contributed by atoms with Gasteiger partial charge in [-0.05, 0) is 31.2 Å². The minimum Gasteiger partial charge on any atom is -0.397 e. The number of nitrogens with two attached hydrogens (primary N) is 1. The standard InChI is InChI=1S/C23H16N8OS/c1-11(32)18-2-3-19(33-18)16-9-26-10-17-20(16)29-23(28-17)21-15-5-13(7-27-22(15)31-30-21)12-4-14(24)8-25-6-12/h2-10H,24H2,1H3,(H,28,29)(H,27,30,31). The molecule has 9 nitrogen and oxygen atoms in total. The molecule has 6 aromatic rings. The van der Waals surface area contributed by atoms with E-state index in [-0.39, 0.29) is 5.78 Å². The number of nitrogen functional groups attached to an aromatic ring is 1. The molecule has 4 N–H and O–H groups in total. The molecule has 10 heteroatoms. The third-order valence-electron chi connectivity index (χ3n) is 5.35. The van der Waals surface area contributed by atoms with Crippen molar-refractivity contribution in [3.8, 4) is 33.1 Å². The minimum atomic E-state index is 0.0378. The first kappa shape index (κ1) is 19.3. The highest BCUT2D eigenvalue weighted by atomic mass is 32.1. The molecule has 0 saturated heterocycles. The second kappa shape index (κ2) is 7.31. The summed E-state index contributed by atoms with van der Waals surface area (Å²) in [5, 5.41) is 8.25. The van der Waals surface area contributed by atoms with E-state index in [1.807, 2.05) is 24.3 Å². The molecule has 0 aliphatic rings. The Labute approximate surface area is 190 Å². The lowest BCUT2D eigenvalue weighted by atomic mass is 10.1. The average Bonchev–Trinajstić information content (AvgIpc) is 3.55. The molecule has 0 aromatic carbocycles. The number of hydrogen-bond donors (Lipinski definition) is 3. The van der Waals surface area contributed by atoms with Crippen LogP contribution in [0.2, 0.25) is 0 Å². The molecule has 0 fully saturated rings. The van der Waals surface area contributed by atoms with Crippen molar-refractivity contribution in [2.24, 2.45) is 0 Å². The number of H-pyrrole nitrogens is 2. The van der Waals surface area contributed by atoms with Gasteiger partial charge >= 0.3 is 0 Å². The number of aromatic nitrogens is 7. The van der Waals surface area contributed by atoms with Crippen molar-refractivity contribution in [1.82, 2.24) is 35.1 Å². The first-order chi connectivity index (χ1) is 16.1. The van der Waals surface area contributed by atoms with Crippen LogP contribution < -0.4 is 5.73 Å². The molecule has 6 rings (SSSR count). The van der Waals surface area contributed by atoms with E-state index in [1.165, 1.54) is 11.3 Å². The van der Waals surface area contributed by atoms with E-state index in [1.54, 1.807) is 37.9 Å². The smallest absolute Gasteiger partial charge is 0.169 e. The largest absolute Gasteiger partial charge is 0.397 e. The Kier molecular flexibility index (Phi) is 4.27. The maximum atomic E-state index is 11.7. The summed E-state index contributed by atoms with van der Waals surface area (Å²) in [6.45, 7) is 1.56. The fourth-order valence-electron chi connectivity index (χ4n) is 3.75. The molecule has 0 spiro atoms. The molecule has 0 aliphatic carbocycles. The summed E-state index contributed by atoms with van der Waals surface area (Å²) >= 11 is 1.43. The highest BCUT2D eigenvalue weighted by Gasteiger charge is 2.18. The van der Waals surface area contributed by atoms with Gasteiger partial charge in [-0.1, -0.05) is 0 Å². The van der Waals surface area contributed by atoms with Crippen LogP contribution in [0.1, 0.15) is 16.6 Å². The maximum absolute atomic E-state index is 11.7. The van der Waals surface area contributed by atoms with E-state index < -0.39 is 0 Å². The zero-order chi connectivity index (χ0) is 22.5. The monoisotopic (exact) mass is 452 g/mol. The normalized spacial score (nSPS) is 11.4. The summed E-state index contributed by atoms with van der Waals surface area (Å²) in [6.07, 6.45) is 8.59. The van der Waals surface area contributed by atoms with Crippen molar-refractivity contribution in [3.05, 3.63) is 60.1 Å². The molecule has 0 saturated carbocycles. The molecule has 0 radical (unpaired) electrons. The summed E-state index contributed by atoms with van der Waals surface area (Å²) in [7, 11) is 0. The van der Waals surface area contributed by atoms with Crippen LogP contribution >= 0.6 is 11.3 Å². The van der Waals surface area contributed by atoms with Crippen LogP contribution in [-0.2, 0) is 0 Å². The fraction of sp³-hybridized carbons (Fsp3) is 0.0435. The summed E-state index contributed by atoms with van der Waals surface area (Å²) in [4.78, 5) is 34.5. The number of nitrogens with zero attached hydrogens (tertiary/aromatic N) is 5. The molecule has 0 atom stereocenters. The first-order valence-electron chi connectivity index (χ1n) is 10.1. The van der Waals surface area contributed by atoms with E-state index >= 15 is 0 Å². The third kappa shape index (κ3) is 3.24. The predicted octanol–water partition coefficient (Wildman–Crippen LogP) is 4.47. The van der Waals surface area contributed by atoms with Crippen molar-refractivity contribution in [1.29, 1.82) is 0 Å². The third-order valence-corrected chi connectivity index (χ3v) is 6.57. The van der Waals surface area contributed by atoms with Crippen molar-refractivity contribution < 1.29 is 4.79 Å². The number of pyridine rings is 3. The van der Waals surface area contributed by atoms with E-state index in [2.05, 4.69) is 30.1 Å². The topological polar surface area (TPSA) is 139 Å². The van der Waals surface area contributed by atoms with Crippen molar-refractivity contribution >= 4 is 44.9 Å². The van der Waals surface area contributed by atoms with Gasteiger partial charge in [-0.25, -0.2) is 9.97 Å². The molecule has 33 heavy (non-hydrogen) atoms. The lowest BCUT2D eigenvalue weighted by Gasteiger charge is -2.02. The first-order valence-corrected chi connectivity index (χ1v) is 10.9. The number of hydrogen-bond acceptors (Lipinski definition) is 8. The summed E-state index contributed by atoms with van der Waals surface area (Å²) in [6, 6.07) is 7.59. The molecule has 6 heterocycles. The van der Waals surface area contributed by atoms with Crippen molar-refractivity contribution in [2.45, 2.75) is 6.92 Å². The second-order valence-electron chi connectivity index (χ2n) is 7.59. The Morgan fingerprint density at radius 2 is 1.88 bits per heavy atom. The van der Waals surface area contributed by atoms with Gasteiger partial charge in [0.05, 0.1) is 27.7 Å². The van der Waals surface area contributed by atoms with E-state index in [0.29, 0.717) is 27.7 Å². The molecule has 160 valence electrons. The van der Waals surface area contributed by atoms with Gasteiger partial charge in [0.15, 0.2) is 17.3 Å². The number of nitrogens with one attached hydrogen (secondary N) is 2. The number of carbonyl (C=O) groups excluding carboxylic acids is 1. The molecular weight excluding hydrogens is 436 g/mol. The number of carbonyl (C=O) groups is 1. The number of Topliss-reactive ketones (excluding diaryl/α,β-unsaturated/α-hetero) is 1. The lowest BCUT2D eigenvalue weighted by molar-refractivity contribution is 0.102. The quantitative estimate of drug-likeness (QED) is 0.335. The van der Waals surface area contributed by atoms with Crippen molar-refractivity contribution in [2.75, 3.05) is 5.73 Å². The number of aromatic amines is 2. The van der Waals surface area contributed by atoms with Crippen LogP contribution in [0.5, 0.6) is 0 Å². The summed E-state index contributed by atoms with van der Waals surface area (Å²) in [5.41, 5.74) is 11.9. The summed E-state index contributed by atoms with van der Waals surface area (Å²) < 4.78 is 0. The minimum absolute atomic E-state index is 0.0378. The van der Waals surface area contributed by atoms with Gasteiger partial charge in [-0.3, -0.25) is 19.9 Å². The molecular formula is C23H16N8OS. The van der Waals surface area contributed by atoms with Gasteiger partial charge in [0, 0.05) is 46.4 Å². The molecule has 0 unspecified atom stereocenters. The molecule has 0 amide bonds. The fourth-order valence-corrected chi connectivity index (χ4v) is 4.67. The Hall–Kier alpha value is -4.44. The van der Waals surface area contributed by atoms with Gasteiger partial charge in [0.1, 0.15) is 11.2 Å². The van der Waals surface area contributed by atoms with Crippen LogP contribution in [0.25, 0.3) is 55.2 Å². The number of fused-ring (bicyclic) bond motifs is 2. The van der Waals surface area contributed by atoms with Crippen LogP contribution in [-0.4, -0.2) is 40.9 Å². The number of ketones is 1. The molecule has 0 bridgehead atoms. The van der Waals surface area contributed by atoms with E-state index in [0.717, 1.165) is 38.0 Å². The lowest BCUT2D eigenvalue weighted by Crippen LogP contribution is -1.89. The SMILES string of the molecule is CC(=O)c1ccc(-c2cncc3[nH]c(-c4n[nH]c5ncc(-c6cncc(N)c6)cc45)nc23)s1. The van der Waals surface area contributed by atoms with Gasteiger partial charge in [-0.2, -0.15) is 5.10 Å². The van der Waals surface area contributed by atoms with Crippen LogP contribution in [0.4, 0.5) is 5.69 Å². The number of imidazole rings is 1. The number of anilines is 1. The average molecular weight is 453 g/mol. The Morgan fingerprint density at radius 3 is 2.70 bits per heavy atom. The number of thiophene rings is 1. The zero-order valence-corrected chi connectivity index (χ0v) is 18.1. The second-order valence-corrected chi connectivity index (χ2v) is 8.67.